The predicted octanol–water partition coefficient (Wildman–Crippen LogP) is 4.05. The quantitative estimate of drug-likeness (QED) is 0.840. The summed E-state index contributed by atoms with van der Waals surface area (Å²) in [6.07, 6.45) is 2.85. The van der Waals surface area contributed by atoms with Crippen molar-refractivity contribution in [3.63, 3.8) is 0 Å². The summed E-state index contributed by atoms with van der Waals surface area (Å²) in [4.78, 5) is 14.4. The lowest BCUT2D eigenvalue weighted by Gasteiger charge is -2.34. The number of nitrogens with zero attached hydrogens (tertiary/aromatic N) is 1. The van der Waals surface area contributed by atoms with E-state index in [1.54, 1.807) is 0 Å². The molecule has 0 N–H and O–H groups in total. The summed E-state index contributed by atoms with van der Waals surface area (Å²) >= 11 is 0. The van der Waals surface area contributed by atoms with Gasteiger partial charge in [0.25, 0.3) is 0 Å². The predicted molar refractivity (Wildman–Crippen MR) is 90.1 cm³/mol. The largest absolute Gasteiger partial charge is 0.493 e. The molecule has 1 aromatic rings. The second kappa shape index (κ2) is 7.17. The average molecular weight is 303 g/mol. The van der Waals surface area contributed by atoms with Crippen molar-refractivity contribution in [3.8, 4) is 5.75 Å². The molecule has 0 aliphatic carbocycles. The fraction of sp³-hybridized carbons (Fsp3) is 0.632. The standard InChI is InChI=1S/C19H29NO2/c1-15-7-9-17(10-8-15)22-14-16-6-5-11-20(13-16)18(21)12-19(2,3)4/h7-10,16H,5-6,11-14H2,1-4H3. The number of rotatable bonds is 4. The molecular weight excluding hydrogens is 274 g/mol. The fourth-order valence-corrected chi connectivity index (χ4v) is 2.84. The third-order valence-electron chi connectivity index (χ3n) is 4.06. The zero-order chi connectivity index (χ0) is 16.2. The molecule has 1 fully saturated rings. The number of likely N-dealkylation sites (tertiary alicyclic amines) is 1. The van der Waals surface area contributed by atoms with Crippen molar-refractivity contribution in [2.45, 2.75) is 47.0 Å². The van der Waals surface area contributed by atoms with E-state index in [2.05, 4.69) is 39.8 Å². The second-order valence-electron chi connectivity index (χ2n) is 7.71. The highest BCUT2D eigenvalue weighted by molar-refractivity contribution is 5.76. The van der Waals surface area contributed by atoms with Crippen molar-refractivity contribution in [3.05, 3.63) is 29.8 Å². The first-order valence-corrected chi connectivity index (χ1v) is 8.31. The first-order valence-electron chi connectivity index (χ1n) is 8.31. The van der Waals surface area contributed by atoms with E-state index < -0.39 is 0 Å². The lowest BCUT2D eigenvalue weighted by atomic mass is 9.90. The van der Waals surface area contributed by atoms with Gasteiger partial charge in [0.05, 0.1) is 6.61 Å². The number of benzene rings is 1. The lowest BCUT2D eigenvalue weighted by Crippen LogP contribution is -2.42. The van der Waals surface area contributed by atoms with Gasteiger partial charge in [-0.2, -0.15) is 0 Å². The van der Waals surface area contributed by atoms with Gasteiger partial charge in [-0.05, 0) is 37.3 Å². The first-order chi connectivity index (χ1) is 10.3. The molecule has 1 atom stereocenters. The summed E-state index contributed by atoms with van der Waals surface area (Å²) in [5.74, 6) is 1.65. The molecular formula is C19H29NO2. The van der Waals surface area contributed by atoms with Gasteiger partial charge in [-0.3, -0.25) is 4.79 Å². The lowest BCUT2D eigenvalue weighted by molar-refractivity contribution is -0.135. The van der Waals surface area contributed by atoms with Crippen LogP contribution in [0.1, 0.15) is 45.6 Å². The van der Waals surface area contributed by atoms with Crippen molar-refractivity contribution < 1.29 is 9.53 Å². The normalized spacial score (nSPS) is 19.1. The molecule has 22 heavy (non-hydrogen) atoms. The fourth-order valence-electron chi connectivity index (χ4n) is 2.84. The molecule has 1 saturated heterocycles. The molecule has 1 unspecified atom stereocenters. The number of hydrogen-bond donors (Lipinski definition) is 0. The Morgan fingerprint density at radius 3 is 2.59 bits per heavy atom. The molecule has 2 rings (SSSR count). The van der Waals surface area contributed by atoms with Crippen LogP contribution in [0.4, 0.5) is 0 Å². The summed E-state index contributed by atoms with van der Waals surface area (Å²) in [6.45, 7) is 10.9. The smallest absolute Gasteiger partial charge is 0.223 e. The average Bonchev–Trinajstić information content (AvgIpc) is 2.45. The number of ether oxygens (including phenoxy) is 1. The van der Waals surface area contributed by atoms with Gasteiger partial charge in [-0.1, -0.05) is 38.5 Å². The van der Waals surface area contributed by atoms with Crippen molar-refractivity contribution in [2.75, 3.05) is 19.7 Å². The molecule has 0 radical (unpaired) electrons. The Morgan fingerprint density at radius 2 is 1.95 bits per heavy atom. The monoisotopic (exact) mass is 303 g/mol. The summed E-state index contributed by atoms with van der Waals surface area (Å²) < 4.78 is 5.89. The summed E-state index contributed by atoms with van der Waals surface area (Å²) in [7, 11) is 0. The first kappa shape index (κ1) is 16.9. The zero-order valence-electron chi connectivity index (χ0n) is 14.4. The molecule has 0 bridgehead atoms. The Balaban J connectivity index is 1.82. The van der Waals surface area contributed by atoms with Crippen molar-refractivity contribution in [1.29, 1.82) is 0 Å². The van der Waals surface area contributed by atoms with Crippen LogP contribution in [0.2, 0.25) is 0 Å². The SMILES string of the molecule is Cc1ccc(OCC2CCCN(C(=O)CC(C)(C)C)C2)cc1. The minimum absolute atomic E-state index is 0.0580. The molecule has 1 aliphatic heterocycles. The second-order valence-corrected chi connectivity index (χ2v) is 7.71. The minimum atomic E-state index is 0.0580. The summed E-state index contributed by atoms with van der Waals surface area (Å²) in [5.41, 5.74) is 1.30. The molecule has 1 aliphatic rings. The van der Waals surface area contributed by atoms with Crippen LogP contribution in [0.3, 0.4) is 0 Å². The molecule has 3 nitrogen and oxygen atoms in total. The van der Waals surface area contributed by atoms with Crippen LogP contribution < -0.4 is 4.74 Å². The third-order valence-corrected chi connectivity index (χ3v) is 4.06. The van der Waals surface area contributed by atoms with Crippen LogP contribution in [0.25, 0.3) is 0 Å². The van der Waals surface area contributed by atoms with Crippen molar-refractivity contribution in [1.82, 2.24) is 4.90 Å². The highest BCUT2D eigenvalue weighted by Crippen LogP contribution is 2.24. The number of piperidine rings is 1. The van der Waals surface area contributed by atoms with Gasteiger partial charge in [-0.15, -0.1) is 0 Å². The Morgan fingerprint density at radius 1 is 1.27 bits per heavy atom. The number of amides is 1. The molecule has 0 aromatic heterocycles. The van der Waals surface area contributed by atoms with E-state index in [1.807, 2.05) is 17.0 Å². The number of aryl methyl sites for hydroxylation is 1. The molecule has 1 aromatic carbocycles. The maximum Gasteiger partial charge on any atom is 0.223 e. The zero-order valence-corrected chi connectivity index (χ0v) is 14.4. The highest BCUT2D eigenvalue weighted by atomic mass is 16.5. The highest BCUT2D eigenvalue weighted by Gasteiger charge is 2.26. The van der Waals surface area contributed by atoms with Crippen molar-refractivity contribution in [2.24, 2.45) is 11.3 Å². The summed E-state index contributed by atoms with van der Waals surface area (Å²) in [6, 6.07) is 8.16. The summed E-state index contributed by atoms with van der Waals surface area (Å²) in [5, 5.41) is 0. The molecule has 3 heteroatoms. The third kappa shape index (κ3) is 5.36. The topological polar surface area (TPSA) is 29.5 Å². The van der Waals surface area contributed by atoms with Gasteiger partial charge in [0.15, 0.2) is 0 Å². The van der Waals surface area contributed by atoms with Gasteiger partial charge >= 0.3 is 0 Å². The Kier molecular flexibility index (Phi) is 5.49. The van der Waals surface area contributed by atoms with E-state index in [9.17, 15) is 4.79 Å². The number of carbonyl (C=O) groups excluding carboxylic acids is 1. The van der Waals surface area contributed by atoms with Crippen molar-refractivity contribution >= 4 is 5.91 Å². The maximum atomic E-state index is 12.4. The van der Waals surface area contributed by atoms with Crippen LogP contribution in [0.15, 0.2) is 24.3 Å². The van der Waals surface area contributed by atoms with Crippen LogP contribution in [0, 0.1) is 18.3 Å². The number of hydrogen-bond acceptors (Lipinski definition) is 2. The number of carbonyl (C=O) groups is 1. The van der Waals surface area contributed by atoms with E-state index >= 15 is 0 Å². The van der Waals surface area contributed by atoms with E-state index in [0.717, 1.165) is 31.7 Å². The Bertz CT molecular complexity index is 487. The van der Waals surface area contributed by atoms with Gasteiger partial charge in [0.2, 0.25) is 5.91 Å². The van der Waals surface area contributed by atoms with Crippen LogP contribution in [0.5, 0.6) is 5.75 Å². The Hall–Kier alpha value is -1.51. The molecule has 0 saturated carbocycles. The Labute approximate surface area is 134 Å². The molecule has 1 amide bonds. The van der Waals surface area contributed by atoms with Crippen LogP contribution >= 0.6 is 0 Å². The maximum absolute atomic E-state index is 12.4. The van der Waals surface area contributed by atoms with E-state index in [1.165, 1.54) is 5.56 Å². The van der Waals surface area contributed by atoms with E-state index in [0.29, 0.717) is 18.9 Å². The van der Waals surface area contributed by atoms with Gasteiger partial charge in [-0.25, -0.2) is 0 Å². The van der Waals surface area contributed by atoms with Crippen LogP contribution in [-0.2, 0) is 4.79 Å². The van der Waals surface area contributed by atoms with Gasteiger partial charge in [0, 0.05) is 25.4 Å². The van der Waals surface area contributed by atoms with Crippen LogP contribution in [-0.4, -0.2) is 30.5 Å². The van der Waals surface area contributed by atoms with E-state index in [-0.39, 0.29) is 11.3 Å². The van der Waals surface area contributed by atoms with E-state index in [4.69, 9.17) is 4.74 Å². The van der Waals surface area contributed by atoms with Gasteiger partial charge in [0.1, 0.15) is 5.75 Å². The molecule has 0 spiro atoms. The molecule has 122 valence electrons. The molecule has 1 heterocycles. The van der Waals surface area contributed by atoms with Gasteiger partial charge < -0.3 is 9.64 Å². The minimum Gasteiger partial charge on any atom is -0.493 e.